The Hall–Kier alpha value is -1.61. The first-order chi connectivity index (χ1) is 8.25. The van der Waals surface area contributed by atoms with Gasteiger partial charge < -0.3 is 10.8 Å². The molecule has 0 unspecified atom stereocenters. The predicted octanol–water partition coefficient (Wildman–Crippen LogP) is 3.41. The summed E-state index contributed by atoms with van der Waals surface area (Å²) in [5.74, 6) is 2.04. The van der Waals surface area contributed by atoms with E-state index in [-0.39, 0.29) is 5.75 Å². The van der Waals surface area contributed by atoms with Gasteiger partial charge >= 0.3 is 0 Å². The molecule has 0 aliphatic rings. The maximum atomic E-state index is 9.32. The minimum absolute atomic E-state index is 0.154. The van der Waals surface area contributed by atoms with Crippen LogP contribution in [0.4, 0.5) is 5.69 Å². The van der Waals surface area contributed by atoms with Crippen LogP contribution in [-0.2, 0) is 11.5 Å². The second-order valence-electron chi connectivity index (χ2n) is 3.87. The molecule has 0 aliphatic carbocycles. The van der Waals surface area contributed by atoms with E-state index in [9.17, 15) is 5.11 Å². The molecule has 0 aromatic heterocycles. The Morgan fingerprint density at radius 1 is 0.941 bits per heavy atom. The van der Waals surface area contributed by atoms with Gasteiger partial charge in [0.15, 0.2) is 0 Å². The fourth-order valence-corrected chi connectivity index (χ4v) is 2.50. The van der Waals surface area contributed by atoms with Gasteiger partial charge in [0.25, 0.3) is 0 Å². The van der Waals surface area contributed by atoms with Gasteiger partial charge in [0.2, 0.25) is 0 Å². The second-order valence-corrected chi connectivity index (χ2v) is 4.86. The van der Waals surface area contributed by atoms with Gasteiger partial charge in [-0.2, -0.15) is 11.8 Å². The summed E-state index contributed by atoms with van der Waals surface area (Å²) in [7, 11) is 0. The Morgan fingerprint density at radius 3 is 2.35 bits per heavy atom. The summed E-state index contributed by atoms with van der Waals surface area (Å²) in [4.78, 5) is 0. The number of nitrogens with two attached hydrogens (primary N) is 1. The van der Waals surface area contributed by atoms with Crippen molar-refractivity contribution in [2.24, 2.45) is 0 Å². The molecule has 0 bridgehead atoms. The van der Waals surface area contributed by atoms with E-state index < -0.39 is 0 Å². The van der Waals surface area contributed by atoms with Crippen molar-refractivity contribution in [3.8, 4) is 5.75 Å². The van der Waals surface area contributed by atoms with E-state index in [2.05, 4.69) is 24.3 Å². The van der Waals surface area contributed by atoms with Gasteiger partial charge in [-0.15, -0.1) is 0 Å². The van der Waals surface area contributed by atoms with E-state index in [1.54, 1.807) is 6.07 Å². The molecule has 2 aromatic carbocycles. The number of thioether (sulfide) groups is 1. The van der Waals surface area contributed by atoms with E-state index in [1.807, 2.05) is 30.0 Å². The van der Waals surface area contributed by atoms with E-state index in [1.165, 1.54) is 5.56 Å². The van der Waals surface area contributed by atoms with Gasteiger partial charge in [0.05, 0.1) is 5.69 Å². The van der Waals surface area contributed by atoms with Crippen molar-refractivity contribution in [1.82, 2.24) is 0 Å². The molecule has 0 amide bonds. The maximum absolute atomic E-state index is 9.32. The molecule has 0 aliphatic heterocycles. The minimum atomic E-state index is 0.154. The molecule has 17 heavy (non-hydrogen) atoms. The number of aromatic hydroxyl groups is 1. The highest BCUT2D eigenvalue weighted by molar-refractivity contribution is 7.97. The largest absolute Gasteiger partial charge is 0.506 e. The first-order valence-corrected chi connectivity index (χ1v) is 6.60. The van der Waals surface area contributed by atoms with Crippen molar-refractivity contribution in [3.05, 3.63) is 59.7 Å². The van der Waals surface area contributed by atoms with Crippen LogP contribution in [0.1, 0.15) is 11.1 Å². The van der Waals surface area contributed by atoms with E-state index in [0.29, 0.717) is 5.69 Å². The average Bonchev–Trinajstić information content (AvgIpc) is 2.35. The summed E-state index contributed by atoms with van der Waals surface area (Å²) in [5.41, 5.74) is 8.55. The third kappa shape index (κ3) is 3.43. The molecule has 0 heterocycles. The van der Waals surface area contributed by atoms with Crippen molar-refractivity contribution in [2.75, 3.05) is 5.73 Å². The quantitative estimate of drug-likeness (QED) is 0.641. The number of phenols is 1. The molecule has 0 saturated carbocycles. The van der Waals surface area contributed by atoms with E-state index >= 15 is 0 Å². The molecule has 0 radical (unpaired) electrons. The van der Waals surface area contributed by atoms with Crippen LogP contribution in [0, 0.1) is 0 Å². The Kier molecular flexibility index (Phi) is 3.94. The van der Waals surface area contributed by atoms with Crippen molar-refractivity contribution >= 4 is 17.4 Å². The first-order valence-electron chi connectivity index (χ1n) is 5.45. The molecule has 0 saturated heterocycles. The monoisotopic (exact) mass is 245 g/mol. The zero-order valence-electron chi connectivity index (χ0n) is 9.47. The zero-order valence-corrected chi connectivity index (χ0v) is 10.3. The number of anilines is 1. The third-order valence-electron chi connectivity index (χ3n) is 2.47. The van der Waals surface area contributed by atoms with Gasteiger partial charge in [0.1, 0.15) is 5.75 Å². The SMILES string of the molecule is Nc1cc(CSCc2ccccc2)ccc1O. The highest BCUT2D eigenvalue weighted by Crippen LogP contribution is 2.24. The Labute approximate surface area is 105 Å². The van der Waals surface area contributed by atoms with Crippen LogP contribution >= 0.6 is 11.8 Å². The van der Waals surface area contributed by atoms with Crippen LogP contribution in [0.3, 0.4) is 0 Å². The van der Waals surface area contributed by atoms with Crippen molar-refractivity contribution in [3.63, 3.8) is 0 Å². The third-order valence-corrected chi connectivity index (χ3v) is 3.55. The summed E-state index contributed by atoms with van der Waals surface area (Å²) in [5, 5.41) is 9.32. The normalized spacial score (nSPS) is 10.4. The molecule has 0 atom stereocenters. The molecule has 3 heteroatoms. The maximum Gasteiger partial charge on any atom is 0.138 e. The van der Waals surface area contributed by atoms with Gasteiger partial charge in [-0.05, 0) is 23.3 Å². The molecule has 2 aromatic rings. The molecule has 3 N–H and O–H groups in total. The number of hydrogen-bond acceptors (Lipinski definition) is 3. The van der Waals surface area contributed by atoms with Crippen molar-refractivity contribution in [1.29, 1.82) is 0 Å². The molecular formula is C14H15NOS. The standard InChI is InChI=1S/C14H15NOS/c15-13-8-12(6-7-14(13)16)10-17-9-11-4-2-1-3-5-11/h1-8,16H,9-10,15H2. The fourth-order valence-electron chi connectivity index (χ4n) is 1.55. The smallest absolute Gasteiger partial charge is 0.138 e. The van der Waals surface area contributed by atoms with Gasteiger partial charge in [-0.3, -0.25) is 0 Å². The van der Waals surface area contributed by atoms with Crippen LogP contribution in [0.2, 0.25) is 0 Å². The Bertz CT molecular complexity index is 485. The topological polar surface area (TPSA) is 46.2 Å². The lowest BCUT2D eigenvalue weighted by molar-refractivity contribution is 0.478. The van der Waals surface area contributed by atoms with E-state index in [4.69, 9.17) is 5.73 Å². The lowest BCUT2D eigenvalue weighted by Crippen LogP contribution is -1.89. The number of rotatable bonds is 4. The molecule has 2 nitrogen and oxygen atoms in total. The van der Waals surface area contributed by atoms with Crippen molar-refractivity contribution < 1.29 is 5.11 Å². The average molecular weight is 245 g/mol. The summed E-state index contributed by atoms with van der Waals surface area (Å²) in [6.45, 7) is 0. The summed E-state index contributed by atoms with van der Waals surface area (Å²) >= 11 is 1.84. The van der Waals surface area contributed by atoms with Crippen LogP contribution < -0.4 is 5.73 Å². The lowest BCUT2D eigenvalue weighted by atomic mass is 10.2. The fraction of sp³-hybridized carbons (Fsp3) is 0.143. The predicted molar refractivity (Wildman–Crippen MR) is 74.0 cm³/mol. The van der Waals surface area contributed by atoms with Gasteiger partial charge in [0, 0.05) is 11.5 Å². The number of nitrogen functional groups attached to an aromatic ring is 1. The summed E-state index contributed by atoms with van der Waals surface area (Å²) < 4.78 is 0. The Morgan fingerprint density at radius 2 is 1.65 bits per heavy atom. The van der Waals surface area contributed by atoms with Crippen LogP contribution in [0.5, 0.6) is 5.75 Å². The van der Waals surface area contributed by atoms with Crippen LogP contribution in [-0.4, -0.2) is 5.11 Å². The zero-order chi connectivity index (χ0) is 12.1. The molecular weight excluding hydrogens is 230 g/mol. The highest BCUT2D eigenvalue weighted by Gasteiger charge is 1.99. The molecule has 2 rings (SSSR count). The van der Waals surface area contributed by atoms with Crippen LogP contribution in [0.15, 0.2) is 48.5 Å². The molecule has 0 fully saturated rings. The number of phenolic OH excluding ortho intramolecular Hbond substituents is 1. The minimum Gasteiger partial charge on any atom is -0.506 e. The number of hydrogen-bond donors (Lipinski definition) is 2. The highest BCUT2D eigenvalue weighted by atomic mass is 32.2. The lowest BCUT2D eigenvalue weighted by Gasteiger charge is -2.04. The van der Waals surface area contributed by atoms with E-state index in [0.717, 1.165) is 17.1 Å². The Balaban J connectivity index is 1.88. The van der Waals surface area contributed by atoms with Gasteiger partial charge in [-0.1, -0.05) is 36.4 Å². The van der Waals surface area contributed by atoms with Crippen molar-refractivity contribution in [2.45, 2.75) is 11.5 Å². The first kappa shape index (κ1) is 11.9. The second kappa shape index (κ2) is 5.64. The summed E-state index contributed by atoms with van der Waals surface area (Å²) in [6, 6.07) is 15.7. The molecule has 88 valence electrons. The summed E-state index contributed by atoms with van der Waals surface area (Å²) in [6.07, 6.45) is 0. The van der Waals surface area contributed by atoms with Crippen LogP contribution in [0.25, 0.3) is 0 Å². The van der Waals surface area contributed by atoms with Gasteiger partial charge in [-0.25, -0.2) is 0 Å². The number of benzene rings is 2. The molecule has 0 spiro atoms.